The normalized spacial score (nSPS) is 16.6. The number of rotatable bonds is 1. The first-order chi connectivity index (χ1) is 10.7. The summed E-state index contributed by atoms with van der Waals surface area (Å²) in [7, 11) is 1.85. The lowest BCUT2D eigenvalue weighted by Gasteiger charge is -2.21. The van der Waals surface area contributed by atoms with E-state index in [2.05, 4.69) is 5.10 Å². The van der Waals surface area contributed by atoms with E-state index in [1.165, 1.54) is 18.6 Å². The van der Waals surface area contributed by atoms with Crippen LogP contribution in [0.1, 0.15) is 36.9 Å². The summed E-state index contributed by atoms with van der Waals surface area (Å²) in [6.07, 6.45) is 6.95. The molecule has 1 aliphatic rings. The van der Waals surface area contributed by atoms with Crippen molar-refractivity contribution in [2.45, 2.75) is 32.1 Å². The lowest BCUT2D eigenvalue weighted by molar-refractivity contribution is 0.0812. The van der Waals surface area contributed by atoms with Crippen LogP contribution in [0.15, 0.2) is 24.4 Å². The number of hydrogen-bond acceptors (Lipinski definition) is 2. The molecular formula is C17H18FN3O. The highest BCUT2D eigenvalue weighted by atomic mass is 19.1. The van der Waals surface area contributed by atoms with E-state index in [9.17, 15) is 9.18 Å². The molecule has 1 aromatic carbocycles. The summed E-state index contributed by atoms with van der Waals surface area (Å²) in [5, 5.41) is 5.14. The molecule has 3 aromatic rings. The molecule has 4 rings (SSSR count). The average Bonchev–Trinajstić information content (AvgIpc) is 3.05. The standard InChI is InChI=1S/C17H18FN3O/c1-20-16-13-8-7-12(18)9-14(13)21(15(16)10-19-20)17(22)11-5-3-2-4-6-11/h7-11H,2-6H2,1H3. The van der Waals surface area contributed by atoms with Crippen LogP contribution in [0.3, 0.4) is 0 Å². The predicted molar refractivity (Wildman–Crippen MR) is 83.4 cm³/mol. The summed E-state index contributed by atoms with van der Waals surface area (Å²) >= 11 is 0. The highest BCUT2D eigenvalue weighted by Gasteiger charge is 2.26. The number of hydrogen-bond donors (Lipinski definition) is 0. The predicted octanol–water partition coefficient (Wildman–Crippen LogP) is 3.89. The lowest BCUT2D eigenvalue weighted by Crippen LogP contribution is -2.23. The van der Waals surface area contributed by atoms with E-state index >= 15 is 0 Å². The molecule has 0 bridgehead atoms. The van der Waals surface area contributed by atoms with Gasteiger partial charge >= 0.3 is 0 Å². The van der Waals surface area contributed by atoms with Crippen LogP contribution in [0, 0.1) is 11.7 Å². The molecule has 114 valence electrons. The van der Waals surface area contributed by atoms with Crippen molar-refractivity contribution in [2.75, 3.05) is 0 Å². The van der Waals surface area contributed by atoms with E-state index in [-0.39, 0.29) is 17.6 Å². The van der Waals surface area contributed by atoms with Crippen LogP contribution in [0.5, 0.6) is 0 Å². The fourth-order valence-electron chi connectivity index (χ4n) is 3.69. The van der Waals surface area contributed by atoms with E-state index in [1.54, 1.807) is 21.5 Å². The Morgan fingerprint density at radius 3 is 2.77 bits per heavy atom. The number of benzene rings is 1. The Labute approximate surface area is 127 Å². The maximum absolute atomic E-state index is 13.7. The van der Waals surface area contributed by atoms with Crippen molar-refractivity contribution >= 4 is 27.8 Å². The van der Waals surface area contributed by atoms with Gasteiger partial charge in [-0.25, -0.2) is 4.39 Å². The van der Waals surface area contributed by atoms with Crippen molar-refractivity contribution in [1.29, 1.82) is 0 Å². The molecule has 0 amide bonds. The van der Waals surface area contributed by atoms with Crippen LogP contribution < -0.4 is 0 Å². The van der Waals surface area contributed by atoms with Gasteiger partial charge in [0, 0.05) is 18.4 Å². The number of carbonyl (C=O) groups excluding carboxylic acids is 1. The Kier molecular flexibility index (Phi) is 3.03. The number of fused-ring (bicyclic) bond motifs is 3. The lowest BCUT2D eigenvalue weighted by atomic mass is 9.88. The monoisotopic (exact) mass is 299 g/mol. The summed E-state index contributed by atoms with van der Waals surface area (Å²) in [6, 6.07) is 4.62. The van der Waals surface area contributed by atoms with Crippen molar-refractivity contribution in [3.05, 3.63) is 30.2 Å². The van der Waals surface area contributed by atoms with Gasteiger partial charge in [0.15, 0.2) is 0 Å². The zero-order valence-corrected chi connectivity index (χ0v) is 12.6. The number of aryl methyl sites for hydroxylation is 1. The first-order valence-corrected chi connectivity index (χ1v) is 7.82. The van der Waals surface area contributed by atoms with Crippen molar-refractivity contribution < 1.29 is 9.18 Å². The van der Waals surface area contributed by atoms with Crippen molar-refractivity contribution in [3.8, 4) is 0 Å². The van der Waals surface area contributed by atoms with Crippen molar-refractivity contribution in [2.24, 2.45) is 13.0 Å². The minimum Gasteiger partial charge on any atom is -0.276 e. The van der Waals surface area contributed by atoms with Gasteiger partial charge in [-0.15, -0.1) is 0 Å². The number of nitrogens with zero attached hydrogens (tertiary/aromatic N) is 3. The fraction of sp³-hybridized carbons (Fsp3) is 0.412. The minimum atomic E-state index is -0.319. The number of halogens is 1. The van der Waals surface area contributed by atoms with Crippen LogP contribution in [0.25, 0.3) is 21.9 Å². The van der Waals surface area contributed by atoms with Crippen molar-refractivity contribution in [3.63, 3.8) is 0 Å². The summed E-state index contributed by atoms with van der Waals surface area (Å²) in [4.78, 5) is 13.0. The second-order valence-corrected chi connectivity index (χ2v) is 6.17. The Hall–Kier alpha value is -2.17. The van der Waals surface area contributed by atoms with Gasteiger partial charge in [0.05, 0.1) is 22.7 Å². The largest absolute Gasteiger partial charge is 0.276 e. The molecule has 0 N–H and O–H groups in total. The van der Waals surface area contributed by atoms with Crippen LogP contribution in [0.4, 0.5) is 4.39 Å². The molecule has 1 aliphatic carbocycles. The number of carbonyl (C=O) groups is 1. The molecule has 0 spiro atoms. The van der Waals surface area contributed by atoms with Gasteiger partial charge in [0.25, 0.3) is 0 Å². The summed E-state index contributed by atoms with van der Waals surface area (Å²) in [5.41, 5.74) is 2.32. The molecule has 4 nitrogen and oxygen atoms in total. The topological polar surface area (TPSA) is 39.8 Å². The van der Waals surface area contributed by atoms with Crippen LogP contribution in [-0.2, 0) is 7.05 Å². The molecule has 0 unspecified atom stereocenters. The molecule has 2 heterocycles. The van der Waals surface area contributed by atoms with E-state index in [0.29, 0.717) is 5.52 Å². The molecule has 22 heavy (non-hydrogen) atoms. The van der Waals surface area contributed by atoms with E-state index in [4.69, 9.17) is 0 Å². The Balaban J connectivity index is 1.97. The summed E-state index contributed by atoms with van der Waals surface area (Å²) in [5.74, 6) is -0.199. The number of aromatic nitrogens is 3. The Bertz CT molecular complexity index is 871. The highest BCUT2D eigenvalue weighted by Crippen LogP contribution is 2.32. The van der Waals surface area contributed by atoms with Gasteiger partial charge in [-0.3, -0.25) is 14.0 Å². The zero-order chi connectivity index (χ0) is 15.3. The quantitative estimate of drug-likeness (QED) is 0.684. The van der Waals surface area contributed by atoms with Crippen LogP contribution >= 0.6 is 0 Å². The third-order valence-electron chi connectivity index (χ3n) is 4.79. The molecule has 0 aliphatic heterocycles. The van der Waals surface area contributed by atoms with E-state index < -0.39 is 0 Å². The van der Waals surface area contributed by atoms with Crippen molar-refractivity contribution in [1.82, 2.24) is 14.3 Å². The van der Waals surface area contributed by atoms with Gasteiger partial charge in [-0.2, -0.15) is 5.10 Å². The maximum Gasteiger partial charge on any atom is 0.234 e. The summed E-state index contributed by atoms with van der Waals surface area (Å²) < 4.78 is 17.1. The van der Waals surface area contributed by atoms with Gasteiger partial charge in [0.1, 0.15) is 5.82 Å². The second kappa shape index (κ2) is 4.93. The molecule has 1 fully saturated rings. The summed E-state index contributed by atoms with van der Waals surface area (Å²) in [6.45, 7) is 0. The Morgan fingerprint density at radius 2 is 2.00 bits per heavy atom. The third-order valence-corrected chi connectivity index (χ3v) is 4.79. The second-order valence-electron chi connectivity index (χ2n) is 6.17. The first-order valence-electron chi connectivity index (χ1n) is 7.82. The molecule has 1 saturated carbocycles. The molecule has 0 saturated heterocycles. The first kappa shape index (κ1) is 13.5. The molecule has 5 heteroatoms. The van der Waals surface area contributed by atoms with Gasteiger partial charge in [-0.05, 0) is 31.0 Å². The molecular weight excluding hydrogens is 281 g/mol. The van der Waals surface area contributed by atoms with E-state index in [0.717, 1.165) is 42.1 Å². The van der Waals surface area contributed by atoms with E-state index in [1.807, 2.05) is 7.05 Å². The smallest absolute Gasteiger partial charge is 0.234 e. The zero-order valence-electron chi connectivity index (χ0n) is 12.6. The van der Waals surface area contributed by atoms with Gasteiger partial charge < -0.3 is 0 Å². The minimum absolute atomic E-state index is 0.0380. The van der Waals surface area contributed by atoms with Crippen LogP contribution in [0.2, 0.25) is 0 Å². The molecule has 0 radical (unpaired) electrons. The van der Waals surface area contributed by atoms with Crippen LogP contribution in [-0.4, -0.2) is 20.3 Å². The third kappa shape index (κ3) is 1.88. The Morgan fingerprint density at radius 1 is 1.23 bits per heavy atom. The SMILES string of the molecule is Cn1ncc2c1c1ccc(F)cc1n2C(=O)C1CCCCC1. The molecule has 2 aromatic heterocycles. The molecule has 0 atom stereocenters. The fourth-order valence-corrected chi connectivity index (χ4v) is 3.69. The van der Waals surface area contributed by atoms with Gasteiger partial charge in [-0.1, -0.05) is 19.3 Å². The maximum atomic E-state index is 13.7. The van der Waals surface area contributed by atoms with Gasteiger partial charge in [0.2, 0.25) is 5.91 Å². The average molecular weight is 299 g/mol. The highest BCUT2D eigenvalue weighted by molar-refractivity contribution is 6.12.